The number of ether oxygens (including phenoxy) is 2. The van der Waals surface area contributed by atoms with Crippen LogP contribution in [0.3, 0.4) is 0 Å². The van der Waals surface area contributed by atoms with Crippen LogP contribution >= 0.6 is 0 Å². The molecule has 20 heavy (non-hydrogen) atoms. The lowest BCUT2D eigenvalue weighted by Gasteiger charge is -2.28. The highest BCUT2D eigenvalue weighted by Crippen LogP contribution is 2.43. The lowest BCUT2D eigenvalue weighted by molar-refractivity contribution is -0.150. The Hall–Kier alpha value is -0.570. The maximum absolute atomic E-state index is 11.4. The highest BCUT2D eigenvalue weighted by atomic mass is 16.5. The zero-order chi connectivity index (χ0) is 15.0. The van der Waals surface area contributed by atoms with E-state index in [1.54, 1.807) is 7.11 Å². The molecule has 118 valence electrons. The van der Waals surface area contributed by atoms with Crippen molar-refractivity contribution in [3.8, 4) is 0 Å². The van der Waals surface area contributed by atoms with Crippen LogP contribution in [0.1, 0.15) is 65.7 Å². The molecule has 4 unspecified atom stereocenters. The van der Waals surface area contributed by atoms with Gasteiger partial charge in [-0.2, -0.15) is 0 Å². The van der Waals surface area contributed by atoms with E-state index in [9.17, 15) is 4.79 Å². The van der Waals surface area contributed by atoms with Crippen molar-refractivity contribution in [1.29, 1.82) is 0 Å². The fourth-order valence-corrected chi connectivity index (χ4v) is 3.70. The van der Waals surface area contributed by atoms with Crippen LogP contribution in [0, 0.1) is 17.8 Å². The van der Waals surface area contributed by atoms with Gasteiger partial charge in [-0.15, -0.1) is 0 Å². The summed E-state index contributed by atoms with van der Waals surface area (Å²) >= 11 is 0. The van der Waals surface area contributed by atoms with E-state index in [2.05, 4.69) is 13.8 Å². The Kier molecular flexibility index (Phi) is 8.20. The van der Waals surface area contributed by atoms with Crippen LogP contribution in [0.25, 0.3) is 0 Å². The molecule has 0 bridgehead atoms. The molecule has 0 aromatic carbocycles. The smallest absolute Gasteiger partial charge is 0.302 e. The Morgan fingerprint density at radius 3 is 2.50 bits per heavy atom. The van der Waals surface area contributed by atoms with E-state index in [1.165, 1.54) is 32.6 Å². The summed E-state index contributed by atoms with van der Waals surface area (Å²) < 4.78 is 10.8. The first-order valence-electron chi connectivity index (χ1n) is 8.28. The van der Waals surface area contributed by atoms with Crippen molar-refractivity contribution >= 4 is 5.97 Å². The van der Waals surface area contributed by atoms with Crippen LogP contribution in [-0.2, 0) is 14.3 Å². The van der Waals surface area contributed by atoms with Crippen molar-refractivity contribution in [3.63, 3.8) is 0 Å². The number of methoxy groups -OCH3 is 1. The second-order valence-electron chi connectivity index (χ2n) is 6.21. The lowest BCUT2D eigenvalue weighted by atomic mass is 9.86. The molecule has 0 N–H and O–H groups in total. The molecule has 3 heteroatoms. The molecule has 0 aromatic rings. The quantitative estimate of drug-likeness (QED) is 0.470. The Morgan fingerprint density at radius 1 is 1.20 bits per heavy atom. The number of hydrogen-bond acceptors (Lipinski definition) is 3. The van der Waals surface area contributed by atoms with Gasteiger partial charge in [-0.25, -0.2) is 0 Å². The first-order valence-corrected chi connectivity index (χ1v) is 8.28. The number of rotatable bonds is 9. The largest absolute Gasteiger partial charge is 0.462 e. The molecule has 0 heterocycles. The Morgan fingerprint density at radius 2 is 1.95 bits per heavy atom. The van der Waals surface area contributed by atoms with Crippen molar-refractivity contribution < 1.29 is 14.3 Å². The van der Waals surface area contributed by atoms with E-state index in [-0.39, 0.29) is 12.1 Å². The van der Waals surface area contributed by atoms with Crippen LogP contribution < -0.4 is 0 Å². The van der Waals surface area contributed by atoms with E-state index < -0.39 is 0 Å². The summed E-state index contributed by atoms with van der Waals surface area (Å²) in [7, 11) is 1.74. The second kappa shape index (κ2) is 9.38. The minimum Gasteiger partial charge on any atom is -0.462 e. The van der Waals surface area contributed by atoms with Crippen molar-refractivity contribution in [2.75, 3.05) is 13.7 Å². The molecule has 1 aliphatic rings. The summed E-state index contributed by atoms with van der Waals surface area (Å²) in [4.78, 5) is 11.4. The molecule has 1 rings (SSSR count). The first kappa shape index (κ1) is 17.5. The molecular formula is C17H32O3. The Bertz CT molecular complexity index is 277. The number of carbonyl (C=O) groups excluding carboxylic acids is 1. The fourth-order valence-electron chi connectivity index (χ4n) is 3.70. The van der Waals surface area contributed by atoms with Crippen molar-refractivity contribution in [3.05, 3.63) is 0 Å². The minimum atomic E-state index is -0.128. The molecule has 0 aromatic heterocycles. The van der Waals surface area contributed by atoms with Gasteiger partial charge >= 0.3 is 5.97 Å². The normalized spacial score (nSPS) is 27.5. The highest BCUT2D eigenvalue weighted by Gasteiger charge is 2.38. The van der Waals surface area contributed by atoms with Crippen LogP contribution in [0.5, 0.6) is 0 Å². The third kappa shape index (κ3) is 5.43. The lowest BCUT2D eigenvalue weighted by Crippen LogP contribution is -2.29. The highest BCUT2D eigenvalue weighted by molar-refractivity contribution is 5.66. The van der Waals surface area contributed by atoms with Crippen LogP contribution in [0.2, 0.25) is 0 Å². The number of unbranched alkanes of at least 4 members (excludes halogenated alkanes) is 1. The second-order valence-corrected chi connectivity index (χ2v) is 6.21. The standard InChI is InChI=1S/C17H32O3/c1-5-14-11-15(6-2)16(12-14)17(20-13(3)18)9-7-8-10-19-4/h14-17H,5-12H2,1-4H3. The maximum atomic E-state index is 11.4. The molecule has 0 aliphatic heterocycles. The monoisotopic (exact) mass is 284 g/mol. The van der Waals surface area contributed by atoms with Crippen molar-refractivity contribution in [1.82, 2.24) is 0 Å². The van der Waals surface area contributed by atoms with E-state index in [1.807, 2.05) is 0 Å². The van der Waals surface area contributed by atoms with Crippen LogP contribution in [-0.4, -0.2) is 25.8 Å². The third-order valence-electron chi connectivity index (χ3n) is 4.83. The zero-order valence-corrected chi connectivity index (χ0v) is 13.7. The number of carbonyl (C=O) groups is 1. The molecular weight excluding hydrogens is 252 g/mol. The van der Waals surface area contributed by atoms with Gasteiger partial charge in [-0.1, -0.05) is 26.7 Å². The average molecular weight is 284 g/mol. The predicted octanol–water partition coefficient (Wildman–Crippen LogP) is 4.20. The van der Waals surface area contributed by atoms with Gasteiger partial charge in [0.1, 0.15) is 6.10 Å². The molecule has 1 aliphatic carbocycles. The SMILES string of the molecule is CCC1CC(CC)C(C(CCCCOC)OC(C)=O)C1. The summed E-state index contributed by atoms with van der Waals surface area (Å²) in [6, 6.07) is 0. The number of hydrogen-bond donors (Lipinski definition) is 0. The van der Waals surface area contributed by atoms with Crippen LogP contribution in [0.15, 0.2) is 0 Å². The van der Waals surface area contributed by atoms with Gasteiger partial charge in [0.15, 0.2) is 0 Å². The molecule has 0 saturated heterocycles. The molecule has 1 fully saturated rings. The van der Waals surface area contributed by atoms with Gasteiger partial charge in [-0.3, -0.25) is 4.79 Å². The summed E-state index contributed by atoms with van der Waals surface area (Å²) in [6.45, 7) is 6.88. The summed E-state index contributed by atoms with van der Waals surface area (Å²) in [6.07, 6.45) is 8.24. The number of esters is 1. The summed E-state index contributed by atoms with van der Waals surface area (Å²) in [5.41, 5.74) is 0. The van der Waals surface area contributed by atoms with Gasteiger partial charge in [0.05, 0.1) is 0 Å². The van der Waals surface area contributed by atoms with Gasteiger partial charge in [-0.05, 0) is 49.9 Å². The zero-order valence-electron chi connectivity index (χ0n) is 13.7. The van der Waals surface area contributed by atoms with Crippen molar-refractivity contribution in [2.24, 2.45) is 17.8 Å². The average Bonchev–Trinajstić information content (AvgIpc) is 2.85. The van der Waals surface area contributed by atoms with Crippen LogP contribution in [0.4, 0.5) is 0 Å². The molecule has 1 saturated carbocycles. The molecule has 0 amide bonds. The molecule has 4 atom stereocenters. The molecule has 0 radical (unpaired) electrons. The summed E-state index contributed by atoms with van der Waals surface area (Å²) in [5, 5.41) is 0. The van der Waals surface area contributed by atoms with E-state index in [4.69, 9.17) is 9.47 Å². The predicted molar refractivity (Wildman–Crippen MR) is 81.6 cm³/mol. The van der Waals surface area contributed by atoms with Gasteiger partial charge < -0.3 is 9.47 Å². The minimum absolute atomic E-state index is 0.117. The maximum Gasteiger partial charge on any atom is 0.302 e. The Labute approximate surface area is 124 Å². The van der Waals surface area contributed by atoms with E-state index >= 15 is 0 Å². The van der Waals surface area contributed by atoms with Crippen molar-refractivity contribution in [2.45, 2.75) is 71.8 Å². The summed E-state index contributed by atoms with van der Waals surface area (Å²) in [5.74, 6) is 1.99. The van der Waals surface area contributed by atoms with Gasteiger partial charge in [0, 0.05) is 20.6 Å². The fraction of sp³-hybridized carbons (Fsp3) is 0.941. The van der Waals surface area contributed by atoms with Gasteiger partial charge in [0.2, 0.25) is 0 Å². The van der Waals surface area contributed by atoms with E-state index in [0.29, 0.717) is 5.92 Å². The first-order chi connectivity index (χ1) is 9.62. The third-order valence-corrected chi connectivity index (χ3v) is 4.83. The molecule has 3 nitrogen and oxygen atoms in total. The topological polar surface area (TPSA) is 35.5 Å². The van der Waals surface area contributed by atoms with E-state index in [0.717, 1.165) is 37.7 Å². The van der Waals surface area contributed by atoms with Gasteiger partial charge in [0.25, 0.3) is 0 Å². The Balaban J connectivity index is 2.58. The molecule has 0 spiro atoms.